The van der Waals surface area contributed by atoms with Gasteiger partial charge in [0, 0.05) is 18.8 Å². The van der Waals surface area contributed by atoms with Crippen LogP contribution in [0.25, 0.3) is 11.2 Å². The van der Waals surface area contributed by atoms with Crippen molar-refractivity contribution in [1.29, 1.82) is 0 Å². The summed E-state index contributed by atoms with van der Waals surface area (Å²) >= 11 is 0. The number of rotatable bonds is 4. The maximum Gasteiger partial charge on any atom is 0.177 e. The predicted molar refractivity (Wildman–Crippen MR) is 65.2 cm³/mol. The molecule has 0 amide bonds. The molecule has 0 aliphatic heterocycles. The Kier molecular flexibility index (Phi) is 3.19. The van der Waals surface area contributed by atoms with Gasteiger partial charge in [0.1, 0.15) is 5.82 Å². The molecule has 0 aromatic carbocycles. The van der Waals surface area contributed by atoms with Crippen molar-refractivity contribution in [2.24, 2.45) is 0 Å². The number of nitrogens with zero attached hydrogens (tertiary/aromatic N) is 2. The minimum Gasteiger partial charge on any atom is -0.341 e. The molecule has 0 aliphatic carbocycles. The highest BCUT2D eigenvalue weighted by Gasteiger charge is 2.06. The summed E-state index contributed by atoms with van der Waals surface area (Å²) in [4.78, 5) is 11.8. The third kappa shape index (κ3) is 2.22. The van der Waals surface area contributed by atoms with Crippen molar-refractivity contribution in [2.75, 3.05) is 0 Å². The first-order valence-corrected chi connectivity index (χ1v) is 5.74. The Bertz CT molecular complexity index is 475. The highest BCUT2D eigenvalue weighted by molar-refractivity contribution is 5.74. The van der Waals surface area contributed by atoms with Crippen molar-refractivity contribution in [3.05, 3.63) is 23.7 Å². The van der Waals surface area contributed by atoms with Crippen LogP contribution in [0.3, 0.4) is 0 Å². The van der Waals surface area contributed by atoms with Gasteiger partial charge in [0.15, 0.2) is 5.65 Å². The standard InChI is InChI=1S/C12H18N4/c1-4-8(2)14-7-10-5-6-13-12-11(10)15-9(3)16-12/h5-6,8,14H,4,7H2,1-3H3,(H,13,15,16). The average molecular weight is 218 g/mol. The van der Waals surface area contributed by atoms with E-state index in [-0.39, 0.29) is 0 Å². The van der Waals surface area contributed by atoms with E-state index in [1.165, 1.54) is 5.56 Å². The van der Waals surface area contributed by atoms with Crippen molar-refractivity contribution < 1.29 is 0 Å². The van der Waals surface area contributed by atoms with Crippen molar-refractivity contribution >= 4 is 11.2 Å². The van der Waals surface area contributed by atoms with Gasteiger partial charge in [-0.2, -0.15) is 0 Å². The molecule has 0 radical (unpaired) electrons. The van der Waals surface area contributed by atoms with E-state index in [9.17, 15) is 0 Å². The van der Waals surface area contributed by atoms with Crippen LogP contribution in [0, 0.1) is 6.92 Å². The lowest BCUT2D eigenvalue weighted by Gasteiger charge is -2.11. The van der Waals surface area contributed by atoms with Crippen LogP contribution >= 0.6 is 0 Å². The van der Waals surface area contributed by atoms with Crippen LogP contribution < -0.4 is 5.32 Å². The van der Waals surface area contributed by atoms with Crippen LogP contribution in [0.1, 0.15) is 31.7 Å². The van der Waals surface area contributed by atoms with Crippen LogP contribution in [0.2, 0.25) is 0 Å². The summed E-state index contributed by atoms with van der Waals surface area (Å²) in [5.74, 6) is 0.915. The van der Waals surface area contributed by atoms with Gasteiger partial charge in [0.2, 0.25) is 0 Å². The minimum atomic E-state index is 0.534. The van der Waals surface area contributed by atoms with E-state index in [1.807, 2.05) is 19.2 Å². The van der Waals surface area contributed by atoms with E-state index < -0.39 is 0 Å². The van der Waals surface area contributed by atoms with E-state index >= 15 is 0 Å². The van der Waals surface area contributed by atoms with Crippen LogP contribution in [-0.2, 0) is 6.54 Å². The number of hydrogen-bond donors (Lipinski definition) is 2. The van der Waals surface area contributed by atoms with Crippen LogP contribution in [0.4, 0.5) is 0 Å². The lowest BCUT2D eigenvalue weighted by atomic mass is 10.2. The number of pyridine rings is 1. The second kappa shape index (κ2) is 4.61. The summed E-state index contributed by atoms with van der Waals surface area (Å²) in [7, 11) is 0. The Labute approximate surface area is 95.5 Å². The second-order valence-corrected chi connectivity index (χ2v) is 4.18. The molecule has 4 heteroatoms. The van der Waals surface area contributed by atoms with Gasteiger partial charge in [0.05, 0.1) is 5.52 Å². The van der Waals surface area contributed by atoms with Gasteiger partial charge >= 0.3 is 0 Å². The Balaban J connectivity index is 2.23. The van der Waals surface area contributed by atoms with E-state index in [1.54, 1.807) is 0 Å². The van der Waals surface area contributed by atoms with Gasteiger partial charge in [-0.25, -0.2) is 9.97 Å². The molecule has 4 nitrogen and oxygen atoms in total. The SMILES string of the molecule is CCC(C)NCc1ccnc2nc(C)[nH]c12. The topological polar surface area (TPSA) is 53.6 Å². The number of hydrogen-bond acceptors (Lipinski definition) is 3. The summed E-state index contributed by atoms with van der Waals surface area (Å²) < 4.78 is 0. The number of imidazole rings is 1. The van der Waals surface area contributed by atoms with Gasteiger partial charge in [-0.3, -0.25) is 0 Å². The molecule has 1 unspecified atom stereocenters. The number of aryl methyl sites for hydroxylation is 1. The predicted octanol–water partition coefficient (Wildman–Crippen LogP) is 2.15. The summed E-state index contributed by atoms with van der Waals surface area (Å²) in [5, 5.41) is 3.47. The first kappa shape index (κ1) is 11.1. The number of aromatic nitrogens is 3. The third-order valence-electron chi connectivity index (χ3n) is 2.85. The third-order valence-corrected chi connectivity index (χ3v) is 2.85. The fourth-order valence-electron chi connectivity index (χ4n) is 1.65. The van der Waals surface area contributed by atoms with Crippen LogP contribution in [0.15, 0.2) is 12.3 Å². The molecular formula is C12H18N4. The Morgan fingerprint density at radius 2 is 2.31 bits per heavy atom. The quantitative estimate of drug-likeness (QED) is 0.826. The van der Waals surface area contributed by atoms with Gasteiger partial charge in [0.25, 0.3) is 0 Å². The van der Waals surface area contributed by atoms with Crippen LogP contribution in [-0.4, -0.2) is 21.0 Å². The van der Waals surface area contributed by atoms with Gasteiger partial charge in [-0.15, -0.1) is 0 Å². The molecule has 0 spiro atoms. The molecule has 0 fully saturated rings. The van der Waals surface area contributed by atoms with E-state index in [0.29, 0.717) is 6.04 Å². The molecular weight excluding hydrogens is 200 g/mol. The van der Waals surface area contributed by atoms with E-state index in [0.717, 1.165) is 30.0 Å². The lowest BCUT2D eigenvalue weighted by Crippen LogP contribution is -2.24. The van der Waals surface area contributed by atoms with Gasteiger partial charge < -0.3 is 10.3 Å². The molecule has 2 heterocycles. The van der Waals surface area contributed by atoms with Gasteiger partial charge in [-0.1, -0.05) is 6.92 Å². The first-order chi connectivity index (χ1) is 7.70. The highest BCUT2D eigenvalue weighted by atomic mass is 15.0. The fourth-order valence-corrected chi connectivity index (χ4v) is 1.65. The zero-order valence-electron chi connectivity index (χ0n) is 10.0. The number of H-pyrrole nitrogens is 1. The van der Waals surface area contributed by atoms with Crippen LogP contribution in [0.5, 0.6) is 0 Å². The number of fused-ring (bicyclic) bond motifs is 1. The summed E-state index contributed by atoms with van der Waals surface area (Å²) in [6.07, 6.45) is 2.95. The lowest BCUT2D eigenvalue weighted by molar-refractivity contribution is 0.535. The summed E-state index contributed by atoms with van der Waals surface area (Å²) in [5.41, 5.74) is 3.09. The van der Waals surface area contributed by atoms with Crippen molar-refractivity contribution in [1.82, 2.24) is 20.3 Å². The number of nitrogens with one attached hydrogen (secondary N) is 2. The molecule has 2 N–H and O–H groups in total. The zero-order valence-corrected chi connectivity index (χ0v) is 10.0. The largest absolute Gasteiger partial charge is 0.341 e. The first-order valence-electron chi connectivity index (χ1n) is 5.74. The highest BCUT2D eigenvalue weighted by Crippen LogP contribution is 2.13. The molecule has 0 bridgehead atoms. The molecule has 0 aliphatic rings. The molecule has 2 aromatic heterocycles. The maximum absolute atomic E-state index is 4.33. The Morgan fingerprint density at radius 3 is 3.06 bits per heavy atom. The van der Waals surface area contributed by atoms with E-state index in [4.69, 9.17) is 0 Å². The Morgan fingerprint density at radius 1 is 1.50 bits per heavy atom. The molecule has 2 rings (SSSR count). The minimum absolute atomic E-state index is 0.534. The van der Waals surface area contributed by atoms with Crippen molar-refractivity contribution in [2.45, 2.75) is 39.8 Å². The second-order valence-electron chi connectivity index (χ2n) is 4.18. The molecule has 0 saturated heterocycles. The molecule has 16 heavy (non-hydrogen) atoms. The van der Waals surface area contributed by atoms with Crippen molar-refractivity contribution in [3.8, 4) is 0 Å². The average Bonchev–Trinajstić information content (AvgIpc) is 2.66. The smallest absolute Gasteiger partial charge is 0.177 e. The van der Waals surface area contributed by atoms with Crippen molar-refractivity contribution in [3.63, 3.8) is 0 Å². The molecule has 2 aromatic rings. The zero-order chi connectivity index (χ0) is 11.5. The molecule has 0 saturated carbocycles. The fraction of sp³-hybridized carbons (Fsp3) is 0.500. The van der Waals surface area contributed by atoms with E-state index in [2.05, 4.69) is 34.1 Å². The Hall–Kier alpha value is -1.42. The number of aromatic amines is 1. The normalized spacial score (nSPS) is 13.2. The summed E-state index contributed by atoms with van der Waals surface area (Å²) in [6.45, 7) is 7.18. The summed E-state index contributed by atoms with van der Waals surface area (Å²) in [6, 6.07) is 2.57. The molecule has 1 atom stereocenters. The maximum atomic E-state index is 4.33. The van der Waals surface area contributed by atoms with Gasteiger partial charge in [-0.05, 0) is 31.9 Å². The molecule has 86 valence electrons. The monoisotopic (exact) mass is 218 g/mol.